The van der Waals surface area contributed by atoms with Crippen molar-refractivity contribution in [1.29, 1.82) is 0 Å². The highest BCUT2D eigenvalue weighted by molar-refractivity contribution is 5.62. The van der Waals surface area contributed by atoms with Gasteiger partial charge in [0.2, 0.25) is 0 Å². The standard InChI is InChI=1S/C98H130O12/c1-91(2,3)75-43-59-35-63-47-77(93(7,8)9)51-67(85(63)101)39-71-55-81(97(19,20)21)57-73-41-69-53-79(95(13,14)15)49-65(87(69)103)37-61-45-76(92(4,5)6)46-62(84(61)100)38-66-50-80(96(16,17)18)54-70(88(66)104)42-74-58-82(98(22,23)24)56-72(40-68-52-78(94(10,11)12)48-64(86(68)102)36-60(44-75)83(59)99)90(74)110-34-32-108-30-28-106-26-25-105-27-29-107-31-33-109-89(71)73/h43-58,99-104H,25-42H2,1-24H3. The molecule has 0 spiro atoms. The molecule has 0 atom stereocenters. The molecule has 8 aromatic carbocycles. The first-order valence-electron chi connectivity index (χ1n) is 40.0. The molecule has 0 fully saturated rings. The zero-order valence-electron chi connectivity index (χ0n) is 71.1. The van der Waals surface area contributed by atoms with Crippen LogP contribution in [0.15, 0.2) is 97.1 Å². The number of phenols is 6. The van der Waals surface area contributed by atoms with Crippen LogP contribution in [0.3, 0.4) is 0 Å². The Hall–Kier alpha value is -8.00. The van der Waals surface area contributed by atoms with Gasteiger partial charge < -0.3 is 59.1 Å². The lowest BCUT2D eigenvalue weighted by Crippen LogP contribution is -2.17. The minimum absolute atomic E-state index is 0.0947. The van der Waals surface area contributed by atoms with Crippen LogP contribution in [0.1, 0.15) is 300 Å². The van der Waals surface area contributed by atoms with Gasteiger partial charge >= 0.3 is 0 Å². The van der Waals surface area contributed by atoms with E-state index in [0.717, 1.165) is 66.8 Å². The van der Waals surface area contributed by atoms with Crippen LogP contribution in [0.25, 0.3) is 0 Å². The summed E-state index contributed by atoms with van der Waals surface area (Å²) in [6.45, 7) is 55.3. The predicted octanol–water partition coefficient (Wildman–Crippen LogP) is 21.2. The predicted molar refractivity (Wildman–Crippen MR) is 448 cm³/mol. The van der Waals surface area contributed by atoms with Gasteiger partial charge in [0.1, 0.15) is 59.2 Å². The summed E-state index contributed by atoms with van der Waals surface area (Å²) in [6, 6.07) is 34.0. The number of ether oxygens (including phenoxy) is 6. The van der Waals surface area contributed by atoms with Crippen molar-refractivity contribution < 1.29 is 59.1 Å². The summed E-state index contributed by atoms with van der Waals surface area (Å²) in [7, 11) is 0. The Morgan fingerprint density at radius 3 is 0.409 bits per heavy atom. The van der Waals surface area contributed by atoms with Gasteiger partial charge in [0.15, 0.2) is 0 Å². The summed E-state index contributed by atoms with van der Waals surface area (Å²) in [4.78, 5) is 0. The van der Waals surface area contributed by atoms with Crippen molar-refractivity contribution in [3.8, 4) is 46.0 Å². The molecule has 12 nitrogen and oxygen atoms in total. The number of rotatable bonds is 0. The van der Waals surface area contributed by atoms with Crippen molar-refractivity contribution in [2.45, 2.75) is 261 Å². The molecule has 0 saturated carbocycles. The van der Waals surface area contributed by atoms with Crippen LogP contribution in [0.4, 0.5) is 0 Å². The van der Waals surface area contributed by atoms with E-state index in [9.17, 15) is 30.6 Å². The van der Waals surface area contributed by atoms with Crippen LogP contribution < -0.4 is 9.47 Å². The molecular weight excluding hydrogens is 1370 g/mol. The quantitative estimate of drug-likeness (QED) is 0.0794. The van der Waals surface area contributed by atoms with E-state index in [1.807, 2.05) is 0 Å². The monoisotopic (exact) mass is 1500 g/mol. The second-order valence-electron chi connectivity index (χ2n) is 39.7. The van der Waals surface area contributed by atoms with Gasteiger partial charge in [-0.15, -0.1) is 0 Å². The molecular formula is C98H130O12. The topological polar surface area (TPSA) is 177 Å². The summed E-state index contributed by atoms with van der Waals surface area (Å²) in [5.74, 6) is 1.90. The largest absolute Gasteiger partial charge is 0.507 e. The van der Waals surface area contributed by atoms with Gasteiger partial charge in [-0.1, -0.05) is 263 Å². The van der Waals surface area contributed by atoms with E-state index < -0.39 is 0 Å². The van der Waals surface area contributed by atoms with Crippen molar-refractivity contribution in [3.05, 3.63) is 231 Å². The van der Waals surface area contributed by atoms with Gasteiger partial charge in [-0.3, -0.25) is 0 Å². The van der Waals surface area contributed by atoms with Crippen molar-refractivity contribution >= 4 is 0 Å². The fourth-order valence-electron chi connectivity index (χ4n) is 14.9. The van der Waals surface area contributed by atoms with Crippen LogP contribution in [0.2, 0.25) is 0 Å². The van der Waals surface area contributed by atoms with Gasteiger partial charge in [0.25, 0.3) is 0 Å². The molecule has 0 radical (unpaired) electrons. The lowest BCUT2D eigenvalue weighted by atomic mass is 9.79. The molecule has 2 heterocycles. The first-order chi connectivity index (χ1) is 51.0. The van der Waals surface area contributed by atoms with Crippen molar-refractivity contribution in [2.24, 2.45) is 0 Å². The molecule has 1 aliphatic carbocycles. The molecule has 594 valence electrons. The molecule has 6 N–H and O–H groups in total. The normalized spacial score (nSPS) is 15.7. The fourth-order valence-corrected chi connectivity index (χ4v) is 14.9. The summed E-state index contributed by atoms with van der Waals surface area (Å²) >= 11 is 0. The molecule has 0 saturated heterocycles. The Kier molecular flexibility index (Phi) is 25.0. The molecule has 2 aliphatic heterocycles. The Bertz CT molecular complexity index is 4110. The van der Waals surface area contributed by atoms with Gasteiger partial charge in [0, 0.05) is 51.4 Å². The van der Waals surface area contributed by atoms with E-state index >= 15 is 0 Å². The molecule has 0 aromatic heterocycles. The number of aromatic hydroxyl groups is 6. The third kappa shape index (κ3) is 20.4. The first kappa shape index (κ1) is 84.4. The van der Waals surface area contributed by atoms with Gasteiger partial charge in [0.05, 0.1) is 52.9 Å². The molecule has 18 bridgehead atoms. The van der Waals surface area contributed by atoms with Gasteiger partial charge in [-0.2, -0.15) is 0 Å². The van der Waals surface area contributed by atoms with E-state index in [-0.39, 0.29) is 156 Å². The minimum Gasteiger partial charge on any atom is -0.507 e. The summed E-state index contributed by atoms with van der Waals surface area (Å²) < 4.78 is 38.7. The van der Waals surface area contributed by atoms with Crippen LogP contribution >= 0.6 is 0 Å². The van der Waals surface area contributed by atoms with Crippen molar-refractivity contribution in [3.63, 3.8) is 0 Å². The Balaban J connectivity index is 1.31. The third-order valence-electron chi connectivity index (χ3n) is 22.1. The number of phenolic OH excluding ortho intramolecular Hbond substituents is 6. The molecule has 110 heavy (non-hydrogen) atoms. The maximum absolute atomic E-state index is 13.2. The van der Waals surface area contributed by atoms with E-state index in [4.69, 9.17) is 28.4 Å². The summed E-state index contributed by atoms with van der Waals surface area (Å²) in [5, 5.41) is 79.1. The number of benzene rings is 8. The second-order valence-corrected chi connectivity index (χ2v) is 39.7. The van der Waals surface area contributed by atoms with E-state index in [2.05, 4.69) is 263 Å². The smallest absolute Gasteiger partial charge is 0.126 e. The minimum atomic E-state index is -0.373. The second kappa shape index (κ2) is 32.6. The summed E-state index contributed by atoms with van der Waals surface area (Å²) in [5.41, 5.74) is 16.5. The highest BCUT2D eigenvalue weighted by atomic mass is 16.6. The SMILES string of the molecule is CC(C)(C)c1cc2c(O)c(c1)Cc1cc(C(C)(C)C)cc(c1O)Cc1cc(C(C)(C)C)cc3c1OCCOCCOCCOCCOCCOc1c(cc(C(C)(C)C)cc1Cc1cc(C(C)(C)C)cc(c1O)Cc1cc(C(C)(C)C)cc(c1O)Cc1cc(C(C)(C)C)cc(c1O)C3)Cc1cc(C(C)(C)C)cc(c1O)C2. The first-order valence-corrected chi connectivity index (χ1v) is 40.0. The maximum atomic E-state index is 13.2. The van der Waals surface area contributed by atoms with Gasteiger partial charge in [-0.25, -0.2) is 0 Å². The Morgan fingerprint density at radius 1 is 0.173 bits per heavy atom. The van der Waals surface area contributed by atoms with Crippen molar-refractivity contribution in [1.82, 2.24) is 0 Å². The highest BCUT2D eigenvalue weighted by Gasteiger charge is 2.32. The zero-order valence-corrected chi connectivity index (χ0v) is 71.1. The van der Waals surface area contributed by atoms with Crippen LogP contribution in [0.5, 0.6) is 46.0 Å². The molecule has 3 aliphatic rings. The Labute approximate surface area is 659 Å². The average molecular weight is 1500 g/mol. The fraction of sp³-hybridized carbons (Fsp3) is 0.510. The Morgan fingerprint density at radius 2 is 0.282 bits per heavy atom. The molecule has 8 aromatic rings. The van der Waals surface area contributed by atoms with Crippen LogP contribution in [0, 0.1) is 0 Å². The lowest BCUT2D eigenvalue weighted by Gasteiger charge is -2.27. The summed E-state index contributed by atoms with van der Waals surface area (Å²) in [6.07, 6.45) is 1.85. The average Bonchev–Trinajstić information content (AvgIpc) is 0.774. The van der Waals surface area contributed by atoms with E-state index in [1.54, 1.807) is 0 Å². The van der Waals surface area contributed by atoms with Gasteiger partial charge in [-0.05, 0) is 177 Å². The zero-order chi connectivity index (χ0) is 80.8. The molecule has 11 rings (SSSR count). The van der Waals surface area contributed by atoms with E-state index in [1.165, 1.54) is 0 Å². The lowest BCUT2D eigenvalue weighted by molar-refractivity contribution is -0.00706. The number of hydrogen-bond acceptors (Lipinski definition) is 12. The van der Waals surface area contributed by atoms with E-state index in [0.29, 0.717) is 118 Å². The third-order valence-corrected chi connectivity index (χ3v) is 22.1. The van der Waals surface area contributed by atoms with Crippen LogP contribution in [-0.4, -0.2) is 96.7 Å². The molecule has 0 unspecified atom stereocenters. The van der Waals surface area contributed by atoms with Crippen LogP contribution in [-0.2, 0) is 114 Å². The maximum Gasteiger partial charge on any atom is 0.126 e. The molecule has 12 heteroatoms. The van der Waals surface area contributed by atoms with Crippen molar-refractivity contribution in [2.75, 3.05) is 66.1 Å². The number of hydrogen-bond donors (Lipinski definition) is 6. The number of fused-ring (bicyclic) bond motifs is 15. The molecule has 0 amide bonds. The highest BCUT2D eigenvalue weighted by Crippen LogP contribution is 2.47.